The lowest BCUT2D eigenvalue weighted by Gasteiger charge is -2.16. The van der Waals surface area contributed by atoms with Crippen molar-refractivity contribution < 1.29 is 28.7 Å². The van der Waals surface area contributed by atoms with Crippen molar-refractivity contribution >= 4 is 45.8 Å². The number of hydrogen-bond donors (Lipinski definition) is 1. The number of aryl methyl sites for hydroxylation is 2. The Morgan fingerprint density at radius 1 is 1.16 bits per heavy atom. The zero-order chi connectivity index (χ0) is 22.7. The molecule has 1 aromatic carbocycles. The molecule has 1 N–H and O–H groups in total. The molecular formula is C22H24N2O6S. The van der Waals surface area contributed by atoms with Gasteiger partial charge in [-0.3, -0.25) is 14.4 Å². The number of hydrogen-bond acceptors (Lipinski definition) is 7. The van der Waals surface area contributed by atoms with E-state index in [1.165, 1.54) is 18.4 Å². The van der Waals surface area contributed by atoms with Crippen molar-refractivity contribution in [3.8, 4) is 0 Å². The Balaban J connectivity index is 1.57. The van der Waals surface area contributed by atoms with Gasteiger partial charge in [0, 0.05) is 23.5 Å². The number of carbonyl (C=O) groups is 4. The molecule has 0 unspecified atom stereocenters. The van der Waals surface area contributed by atoms with Crippen molar-refractivity contribution in [1.82, 2.24) is 0 Å². The quantitative estimate of drug-likeness (QED) is 0.688. The van der Waals surface area contributed by atoms with Crippen LogP contribution in [-0.2, 0) is 23.9 Å². The zero-order valence-electron chi connectivity index (χ0n) is 17.8. The van der Waals surface area contributed by atoms with Gasteiger partial charge in [0.15, 0.2) is 6.61 Å². The molecule has 0 bridgehead atoms. The van der Waals surface area contributed by atoms with Gasteiger partial charge >= 0.3 is 11.9 Å². The fraction of sp³-hybridized carbons (Fsp3) is 0.364. The summed E-state index contributed by atoms with van der Waals surface area (Å²) in [6.45, 7) is 5.25. The van der Waals surface area contributed by atoms with E-state index in [9.17, 15) is 19.2 Å². The molecule has 1 aromatic heterocycles. The second-order valence-electron chi connectivity index (χ2n) is 7.38. The predicted octanol–water partition coefficient (Wildman–Crippen LogP) is 2.99. The molecule has 1 fully saturated rings. The topological polar surface area (TPSA) is 102 Å². The predicted molar refractivity (Wildman–Crippen MR) is 116 cm³/mol. The molecule has 0 radical (unpaired) electrons. The molecule has 0 spiro atoms. The van der Waals surface area contributed by atoms with Crippen LogP contribution >= 0.6 is 11.3 Å². The minimum atomic E-state index is -0.640. The van der Waals surface area contributed by atoms with Crippen LogP contribution in [0.5, 0.6) is 0 Å². The van der Waals surface area contributed by atoms with Crippen LogP contribution in [0.3, 0.4) is 0 Å². The molecule has 0 saturated carbocycles. The average Bonchev–Trinajstić information content (AvgIpc) is 3.26. The standard InChI is InChI=1S/C22H24N2O6S/c1-12-5-7-16(8-6-12)24-10-15(9-18(24)26)21(27)30-11-17(25)23-20-19(22(28)29-4)13(2)14(3)31-20/h5-8,15H,9-11H2,1-4H3,(H,23,25)/t15-/m0/s1. The SMILES string of the molecule is COC(=O)c1c(NC(=O)COC(=O)[C@H]2CC(=O)N(c3ccc(C)cc3)C2)sc(C)c1C. The van der Waals surface area contributed by atoms with Crippen LogP contribution in [0.15, 0.2) is 24.3 Å². The number of esters is 2. The van der Waals surface area contributed by atoms with Crippen LogP contribution in [0.4, 0.5) is 10.7 Å². The Morgan fingerprint density at radius 2 is 1.84 bits per heavy atom. The Labute approximate surface area is 184 Å². The molecule has 31 heavy (non-hydrogen) atoms. The molecule has 2 heterocycles. The highest BCUT2D eigenvalue weighted by Crippen LogP contribution is 2.33. The summed E-state index contributed by atoms with van der Waals surface area (Å²) in [5.74, 6) is -2.53. The number of amides is 2. The molecule has 9 heteroatoms. The van der Waals surface area contributed by atoms with Gasteiger partial charge in [-0.15, -0.1) is 11.3 Å². The maximum Gasteiger partial charge on any atom is 0.341 e. The van der Waals surface area contributed by atoms with Gasteiger partial charge in [0.05, 0.1) is 18.6 Å². The number of anilines is 2. The lowest BCUT2D eigenvalue weighted by Crippen LogP contribution is -2.28. The van der Waals surface area contributed by atoms with Crippen molar-refractivity contribution in [1.29, 1.82) is 0 Å². The number of rotatable bonds is 6. The van der Waals surface area contributed by atoms with Crippen molar-refractivity contribution in [2.24, 2.45) is 5.92 Å². The summed E-state index contributed by atoms with van der Waals surface area (Å²) < 4.78 is 9.91. The van der Waals surface area contributed by atoms with Gasteiger partial charge in [0.1, 0.15) is 5.00 Å². The minimum absolute atomic E-state index is 0.0319. The number of carbonyl (C=O) groups excluding carboxylic acids is 4. The first-order chi connectivity index (χ1) is 14.7. The first kappa shape index (κ1) is 22.5. The summed E-state index contributed by atoms with van der Waals surface area (Å²) in [5, 5.41) is 2.96. The lowest BCUT2D eigenvalue weighted by atomic mass is 10.1. The van der Waals surface area contributed by atoms with E-state index in [-0.39, 0.29) is 18.9 Å². The monoisotopic (exact) mass is 444 g/mol. The molecule has 2 amide bonds. The highest BCUT2D eigenvalue weighted by molar-refractivity contribution is 7.16. The van der Waals surface area contributed by atoms with Gasteiger partial charge in [-0.05, 0) is 38.5 Å². The Hall–Kier alpha value is -3.20. The van der Waals surface area contributed by atoms with E-state index in [0.717, 1.165) is 21.7 Å². The van der Waals surface area contributed by atoms with E-state index in [2.05, 4.69) is 5.32 Å². The number of nitrogens with one attached hydrogen (secondary N) is 1. The molecule has 3 rings (SSSR count). The molecule has 1 aliphatic rings. The van der Waals surface area contributed by atoms with Gasteiger partial charge < -0.3 is 19.7 Å². The largest absolute Gasteiger partial charge is 0.465 e. The van der Waals surface area contributed by atoms with Crippen LogP contribution in [0.2, 0.25) is 0 Å². The third-order valence-corrected chi connectivity index (χ3v) is 6.30. The summed E-state index contributed by atoms with van der Waals surface area (Å²) in [4.78, 5) is 51.4. The summed E-state index contributed by atoms with van der Waals surface area (Å²) in [7, 11) is 1.27. The first-order valence-corrected chi connectivity index (χ1v) is 10.5. The molecule has 164 valence electrons. The van der Waals surface area contributed by atoms with Gasteiger partial charge in [0.25, 0.3) is 5.91 Å². The second kappa shape index (κ2) is 9.30. The Bertz CT molecular complexity index is 1030. The van der Waals surface area contributed by atoms with E-state index in [1.54, 1.807) is 11.8 Å². The van der Waals surface area contributed by atoms with Gasteiger partial charge in [-0.2, -0.15) is 0 Å². The molecule has 0 aliphatic carbocycles. The third-order valence-electron chi connectivity index (χ3n) is 5.18. The Kier molecular flexibility index (Phi) is 6.74. The minimum Gasteiger partial charge on any atom is -0.465 e. The van der Waals surface area contributed by atoms with Crippen molar-refractivity contribution in [3.05, 3.63) is 45.8 Å². The van der Waals surface area contributed by atoms with E-state index >= 15 is 0 Å². The Morgan fingerprint density at radius 3 is 2.48 bits per heavy atom. The maximum absolute atomic E-state index is 12.4. The van der Waals surface area contributed by atoms with Gasteiger partial charge in [0.2, 0.25) is 5.91 Å². The summed E-state index contributed by atoms with van der Waals surface area (Å²) in [6.07, 6.45) is 0.0319. The molecular weight excluding hydrogens is 420 g/mol. The fourth-order valence-corrected chi connectivity index (χ4v) is 4.38. The van der Waals surface area contributed by atoms with E-state index in [4.69, 9.17) is 9.47 Å². The van der Waals surface area contributed by atoms with Crippen LogP contribution in [0.1, 0.15) is 32.8 Å². The van der Waals surface area contributed by atoms with Crippen LogP contribution in [0.25, 0.3) is 0 Å². The van der Waals surface area contributed by atoms with Gasteiger partial charge in [-0.1, -0.05) is 17.7 Å². The molecule has 1 aliphatic heterocycles. The van der Waals surface area contributed by atoms with E-state index in [0.29, 0.717) is 10.6 Å². The number of methoxy groups -OCH3 is 1. The third kappa shape index (κ3) is 4.93. The number of thiophene rings is 1. The second-order valence-corrected chi connectivity index (χ2v) is 8.60. The van der Waals surface area contributed by atoms with Crippen molar-refractivity contribution in [3.63, 3.8) is 0 Å². The van der Waals surface area contributed by atoms with Crippen molar-refractivity contribution in [2.45, 2.75) is 27.2 Å². The summed E-state index contributed by atoms with van der Waals surface area (Å²) in [5.41, 5.74) is 2.82. The smallest absolute Gasteiger partial charge is 0.341 e. The zero-order valence-corrected chi connectivity index (χ0v) is 18.6. The number of nitrogens with zero attached hydrogens (tertiary/aromatic N) is 1. The molecule has 1 atom stereocenters. The normalized spacial score (nSPS) is 15.7. The van der Waals surface area contributed by atoms with Crippen LogP contribution < -0.4 is 10.2 Å². The van der Waals surface area contributed by atoms with Crippen LogP contribution in [0, 0.1) is 26.7 Å². The molecule has 1 saturated heterocycles. The summed E-state index contributed by atoms with van der Waals surface area (Å²) in [6, 6.07) is 7.46. The highest BCUT2D eigenvalue weighted by Gasteiger charge is 2.36. The highest BCUT2D eigenvalue weighted by atomic mass is 32.1. The van der Waals surface area contributed by atoms with Crippen LogP contribution in [-0.4, -0.2) is 44.0 Å². The maximum atomic E-state index is 12.4. The molecule has 8 nitrogen and oxygen atoms in total. The number of benzene rings is 1. The van der Waals surface area contributed by atoms with E-state index in [1.807, 2.05) is 38.1 Å². The fourth-order valence-electron chi connectivity index (χ4n) is 3.32. The molecule has 2 aromatic rings. The lowest BCUT2D eigenvalue weighted by molar-refractivity contribution is -0.151. The van der Waals surface area contributed by atoms with Gasteiger partial charge in [-0.25, -0.2) is 4.79 Å². The average molecular weight is 445 g/mol. The first-order valence-electron chi connectivity index (χ1n) is 9.73. The van der Waals surface area contributed by atoms with E-state index < -0.39 is 30.4 Å². The summed E-state index contributed by atoms with van der Waals surface area (Å²) >= 11 is 1.25. The number of ether oxygens (including phenoxy) is 2. The van der Waals surface area contributed by atoms with Crippen molar-refractivity contribution in [2.75, 3.05) is 30.5 Å².